The van der Waals surface area contributed by atoms with Gasteiger partial charge in [0.25, 0.3) is 0 Å². The maximum atomic E-state index is 12.4. The molecule has 2 aliphatic rings. The highest BCUT2D eigenvalue weighted by molar-refractivity contribution is 7.11. The normalized spacial score (nSPS) is 20.0. The number of hydrogen-bond donors (Lipinski definition) is 1. The number of aromatic nitrogens is 1. The maximum absolute atomic E-state index is 12.4. The molecule has 218 valence electrons. The zero-order chi connectivity index (χ0) is 30.4. The molecular weight excluding hydrogens is 534 g/mol. The molecule has 2 saturated heterocycles. The van der Waals surface area contributed by atoms with E-state index in [1.54, 1.807) is 6.20 Å². The Morgan fingerprint density at radius 1 is 0.780 bits per heavy atom. The van der Waals surface area contributed by atoms with Crippen LogP contribution < -0.4 is 16.7 Å². The second-order valence-electron chi connectivity index (χ2n) is 12.8. The number of carbonyl (C=O) groups excluding carboxylic acids is 1. The lowest BCUT2D eigenvalue weighted by Gasteiger charge is -2.32. The third-order valence-electron chi connectivity index (χ3n) is 8.94. The Bertz CT molecular complexity index is 1370. The van der Waals surface area contributed by atoms with Gasteiger partial charge in [0.2, 0.25) is 0 Å². The number of Topliss-reactive ketones (excluding diaryl/α,β-unsaturated/α-hetero) is 1. The predicted molar refractivity (Wildman–Crippen MR) is 168 cm³/mol. The first-order valence-electron chi connectivity index (χ1n) is 14.0. The van der Waals surface area contributed by atoms with Crippen LogP contribution in [0.25, 0.3) is 0 Å². The van der Waals surface area contributed by atoms with Gasteiger partial charge in [-0.2, -0.15) is 0 Å². The zero-order valence-electron chi connectivity index (χ0n) is 26.0. The second-order valence-corrected chi connectivity index (χ2v) is 13.7. The molecule has 0 bridgehead atoms. The number of benzene rings is 2. The third kappa shape index (κ3) is 6.32. The number of thiazole rings is 1. The molecule has 2 aliphatic heterocycles. The van der Waals surface area contributed by atoms with Gasteiger partial charge in [0.05, 0.1) is 22.4 Å². The Kier molecular flexibility index (Phi) is 8.67. The van der Waals surface area contributed by atoms with Gasteiger partial charge in [-0.05, 0) is 103 Å². The molecule has 7 nitrogen and oxygen atoms in total. The summed E-state index contributed by atoms with van der Waals surface area (Å²) in [6, 6.07) is 11.8. The minimum Gasteiger partial charge on any atom is -0.399 e. The van der Waals surface area contributed by atoms with Crippen LogP contribution in [0.1, 0.15) is 81.9 Å². The summed E-state index contributed by atoms with van der Waals surface area (Å²) in [6.07, 6.45) is 2.00. The van der Waals surface area contributed by atoms with Gasteiger partial charge in [0.15, 0.2) is 10.8 Å². The average Bonchev–Trinajstić information content (AvgIpc) is 3.53. The van der Waals surface area contributed by atoms with E-state index < -0.39 is 7.12 Å². The molecule has 3 aromatic rings. The predicted octanol–water partition coefficient (Wildman–Crippen LogP) is 5.05. The lowest BCUT2D eigenvalue weighted by molar-refractivity contribution is 0.00578. The number of hydrogen-bond acceptors (Lipinski definition) is 8. The molecule has 2 fully saturated rings. The highest BCUT2D eigenvalue weighted by Gasteiger charge is 2.53. The van der Waals surface area contributed by atoms with Crippen LogP contribution in [0.15, 0.2) is 48.0 Å². The van der Waals surface area contributed by atoms with Crippen molar-refractivity contribution < 1.29 is 23.4 Å². The molecule has 41 heavy (non-hydrogen) atoms. The molecule has 2 N–H and O–H groups in total. The Hall–Kier alpha value is -2.49. The highest BCUT2D eigenvalue weighted by Crippen LogP contribution is 2.38. The zero-order valence-corrected chi connectivity index (χ0v) is 26.8. The Balaban J connectivity index is 0.000000201. The minimum absolute atomic E-state index is 0.0409. The summed E-state index contributed by atoms with van der Waals surface area (Å²) in [7, 11) is -0.742. The lowest BCUT2D eigenvalue weighted by atomic mass is 9.74. The monoisotopic (exact) mass is 576 g/mol. The summed E-state index contributed by atoms with van der Waals surface area (Å²) in [6.45, 7) is 20.4. The van der Waals surface area contributed by atoms with Crippen LogP contribution in [0, 0.1) is 13.8 Å². The number of nitrogen functional groups attached to an aromatic ring is 1. The summed E-state index contributed by atoms with van der Waals surface area (Å²) in [5.41, 5.74) is 10.4. The van der Waals surface area contributed by atoms with Gasteiger partial charge in [-0.3, -0.25) is 4.79 Å². The van der Waals surface area contributed by atoms with Gasteiger partial charge in [-0.15, -0.1) is 11.3 Å². The number of anilines is 1. The van der Waals surface area contributed by atoms with Crippen LogP contribution >= 0.6 is 11.3 Å². The molecule has 0 amide bonds. The largest absolute Gasteiger partial charge is 0.495 e. The van der Waals surface area contributed by atoms with Crippen molar-refractivity contribution in [2.75, 3.05) is 5.73 Å². The van der Waals surface area contributed by atoms with Gasteiger partial charge in [0, 0.05) is 23.7 Å². The molecule has 0 spiro atoms. The van der Waals surface area contributed by atoms with Crippen LogP contribution in [0.5, 0.6) is 0 Å². The van der Waals surface area contributed by atoms with E-state index in [-0.39, 0.29) is 35.3 Å². The minimum atomic E-state index is -0.412. The quantitative estimate of drug-likeness (QED) is 0.258. The van der Waals surface area contributed by atoms with E-state index >= 15 is 0 Å². The van der Waals surface area contributed by atoms with Crippen molar-refractivity contribution >= 4 is 48.0 Å². The SMILES string of the molecule is Cc1c(CC(=O)c2nccs2)cccc1B1OC(C)(C)C(C)(C)O1.Cc1c(N)cccc1B1OC(C)(C)C(C)(C)O1. The maximum Gasteiger partial charge on any atom is 0.495 e. The summed E-state index contributed by atoms with van der Waals surface area (Å²) in [5.74, 6) is 0.0409. The molecule has 0 unspecified atom stereocenters. The van der Waals surface area contributed by atoms with E-state index in [0.29, 0.717) is 11.4 Å². The van der Waals surface area contributed by atoms with Gasteiger partial charge in [0.1, 0.15) is 0 Å². The first-order chi connectivity index (χ1) is 19.0. The number of rotatable bonds is 5. The van der Waals surface area contributed by atoms with Gasteiger partial charge < -0.3 is 24.4 Å². The summed E-state index contributed by atoms with van der Waals surface area (Å²) < 4.78 is 24.3. The molecule has 1 aromatic heterocycles. The number of ketones is 1. The second kappa shape index (κ2) is 11.3. The van der Waals surface area contributed by atoms with Crippen LogP contribution in [-0.2, 0) is 25.0 Å². The number of carbonyl (C=O) groups is 1. The van der Waals surface area contributed by atoms with Crippen molar-refractivity contribution in [3.63, 3.8) is 0 Å². The average molecular weight is 576 g/mol. The molecule has 3 heterocycles. The van der Waals surface area contributed by atoms with Crippen LogP contribution in [0.4, 0.5) is 5.69 Å². The summed E-state index contributed by atoms with van der Waals surface area (Å²) >= 11 is 1.38. The first-order valence-corrected chi connectivity index (χ1v) is 14.9. The third-order valence-corrected chi connectivity index (χ3v) is 9.76. The van der Waals surface area contributed by atoms with Crippen molar-refractivity contribution in [3.05, 3.63) is 69.7 Å². The molecule has 0 aliphatic carbocycles. The molecule has 0 atom stereocenters. The Morgan fingerprint density at radius 3 is 1.71 bits per heavy atom. The molecular formula is C31H42B2N2O5S. The summed E-state index contributed by atoms with van der Waals surface area (Å²) in [4.78, 5) is 16.5. The Labute approximate surface area is 249 Å². The highest BCUT2D eigenvalue weighted by atomic mass is 32.1. The van der Waals surface area contributed by atoms with E-state index in [1.165, 1.54) is 11.3 Å². The smallest absolute Gasteiger partial charge is 0.399 e. The molecule has 0 radical (unpaired) electrons. The van der Waals surface area contributed by atoms with E-state index in [4.69, 9.17) is 24.4 Å². The van der Waals surface area contributed by atoms with Crippen molar-refractivity contribution in [3.8, 4) is 0 Å². The fourth-order valence-corrected chi connectivity index (χ4v) is 5.20. The molecule has 5 rings (SSSR count). The van der Waals surface area contributed by atoms with Crippen molar-refractivity contribution in [2.45, 2.75) is 98.1 Å². The van der Waals surface area contributed by atoms with Gasteiger partial charge in [-0.1, -0.05) is 30.3 Å². The molecule has 0 saturated carbocycles. The van der Waals surface area contributed by atoms with E-state index in [1.807, 2.05) is 83.3 Å². The topological polar surface area (TPSA) is 92.9 Å². The lowest BCUT2D eigenvalue weighted by Crippen LogP contribution is -2.41. The van der Waals surface area contributed by atoms with E-state index in [0.717, 1.165) is 33.3 Å². The standard InChI is InChI=1S/C18H22BNO3S.C13H20BNO2/c1-12-13(11-15(21)16-20-9-10-24-16)7-6-8-14(12)19-22-17(2,3)18(4,5)23-19;1-9-10(7-6-8-11(9)15)14-16-12(2,3)13(4,5)17-14/h6-10H,11H2,1-5H3;6-8H,15H2,1-5H3. The number of nitrogens with zero attached hydrogens (tertiary/aromatic N) is 1. The van der Waals surface area contributed by atoms with Crippen molar-refractivity contribution in [2.24, 2.45) is 0 Å². The Morgan fingerprint density at radius 2 is 1.24 bits per heavy atom. The van der Waals surface area contributed by atoms with Gasteiger partial charge in [-0.25, -0.2) is 4.98 Å². The fourth-order valence-electron chi connectivity index (χ4n) is 4.63. The van der Waals surface area contributed by atoms with Crippen LogP contribution in [-0.4, -0.2) is 47.4 Å². The summed E-state index contributed by atoms with van der Waals surface area (Å²) in [5, 5.41) is 2.37. The van der Waals surface area contributed by atoms with E-state index in [2.05, 4.69) is 32.7 Å². The molecule has 10 heteroatoms. The van der Waals surface area contributed by atoms with Crippen molar-refractivity contribution in [1.29, 1.82) is 0 Å². The van der Waals surface area contributed by atoms with Crippen LogP contribution in [0.3, 0.4) is 0 Å². The first kappa shape index (κ1) is 31.4. The number of nitrogens with two attached hydrogens (primary N) is 1. The van der Waals surface area contributed by atoms with Crippen molar-refractivity contribution in [1.82, 2.24) is 4.98 Å². The van der Waals surface area contributed by atoms with Crippen LogP contribution in [0.2, 0.25) is 0 Å². The molecule has 2 aromatic carbocycles. The fraction of sp³-hybridized carbons (Fsp3) is 0.484. The van der Waals surface area contributed by atoms with E-state index in [9.17, 15) is 4.79 Å². The van der Waals surface area contributed by atoms with Gasteiger partial charge >= 0.3 is 14.2 Å².